The molecule has 3 rings (SSSR count). The first-order valence-corrected chi connectivity index (χ1v) is 15.3. The van der Waals surface area contributed by atoms with Gasteiger partial charge in [-0.1, -0.05) is 34.9 Å². The fraction of sp³-hybridized carbons (Fsp3) is 0.432. The molecule has 7 nitrogen and oxygen atoms in total. The molecule has 1 atom stereocenters. The van der Waals surface area contributed by atoms with Gasteiger partial charge in [0, 0.05) is 0 Å². The van der Waals surface area contributed by atoms with Crippen LogP contribution in [0.5, 0.6) is 11.5 Å². The summed E-state index contributed by atoms with van der Waals surface area (Å²) in [5.74, 6) is -2.41. The summed E-state index contributed by atoms with van der Waals surface area (Å²) in [6.07, 6.45) is 14.7. The molecule has 0 fully saturated rings. The van der Waals surface area contributed by atoms with Crippen LogP contribution in [0.2, 0.25) is 0 Å². The maximum atomic E-state index is 13.0. The molecule has 1 heterocycles. The van der Waals surface area contributed by atoms with Crippen LogP contribution in [0.25, 0.3) is 0 Å². The van der Waals surface area contributed by atoms with E-state index >= 15 is 0 Å². The van der Waals surface area contributed by atoms with E-state index in [1.807, 2.05) is 13.8 Å². The first-order valence-electron chi connectivity index (χ1n) is 15.3. The van der Waals surface area contributed by atoms with Crippen molar-refractivity contribution < 1.29 is 34.1 Å². The fourth-order valence-corrected chi connectivity index (χ4v) is 5.38. The number of ether oxygens (including phenoxy) is 2. The second-order valence-corrected chi connectivity index (χ2v) is 12.4. The number of aryl methyl sites for hydroxylation is 1. The molecule has 1 aliphatic rings. The minimum absolute atomic E-state index is 0.213. The third kappa shape index (κ3) is 9.18. The molecule has 7 heteroatoms. The minimum Gasteiger partial charge on any atom is -0.487 e. The van der Waals surface area contributed by atoms with E-state index < -0.39 is 23.5 Å². The Kier molecular flexibility index (Phi) is 11.7. The predicted octanol–water partition coefficient (Wildman–Crippen LogP) is 9.20. The van der Waals surface area contributed by atoms with Crippen LogP contribution in [0, 0.1) is 13.8 Å². The molecular weight excluding hydrogens is 556 g/mol. The van der Waals surface area contributed by atoms with Gasteiger partial charge in [-0.2, -0.15) is 0 Å². The van der Waals surface area contributed by atoms with Gasteiger partial charge < -0.3 is 19.7 Å². The molecule has 0 saturated heterocycles. The summed E-state index contributed by atoms with van der Waals surface area (Å²) in [7, 11) is 0. The number of allylic oxidation sites excluding steroid dienone is 6. The molecule has 0 unspecified atom stereocenters. The number of hydrogen-bond acceptors (Lipinski definition) is 5. The van der Waals surface area contributed by atoms with Gasteiger partial charge in [-0.3, -0.25) is 0 Å². The molecule has 1 aliphatic heterocycles. The molecule has 0 bridgehead atoms. The van der Waals surface area contributed by atoms with Crippen molar-refractivity contribution in [2.75, 3.05) is 0 Å². The normalized spacial score (nSPS) is 16.5. The highest BCUT2D eigenvalue weighted by molar-refractivity contribution is 6.05. The van der Waals surface area contributed by atoms with Gasteiger partial charge in [-0.05, 0) is 141 Å². The summed E-state index contributed by atoms with van der Waals surface area (Å²) in [6, 6.07) is 5.11. The third-order valence-electron chi connectivity index (χ3n) is 8.35. The van der Waals surface area contributed by atoms with Crippen LogP contribution >= 0.6 is 0 Å². The van der Waals surface area contributed by atoms with E-state index in [1.165, 1.54) is 28.9 Å². The molecule has 2 N–H and O–H groups in total. The zero-order valence-electron chi connectivity index (χ0n) is 27.1. The van der Waals surface area contributed by atoms with Gasteiger partial charge in [0.15, 0.2) is 0 Å². The number of fused-ring (bicyclic) bond motifs is 1. The number of carboxylic acid groups (broad SMARTS) is 2. The van der Waals surface area contributed by atoms with Crippen molar-refractivity contribution in [2.24, 2.45) is 0 Å². The Labute approximate surface area is 261 Å². The predicted molar refractivity (Wildman–Crippen MR) is 173 cm³/mol. The Morgan fingerprint density at radius 2 is 1.50 bits per heavy atom. The van der Waals surface area contributed by atoms with E-state index in [9.17, 15) is 24.6 Å². The second kappa shape index (κ2) is 15.0. The largest absolute Gasteiger partial charge is 0.487 e. The van der Waals surface area contributed by atoms with Crippen LogP contribution in [0.15, 0.2) is 59.2 Å². The summed E-state index contributed by atoms with van der Waals surface area (Å²) in [6.45, 7) is 14.6. The van der Waals surface area contributed by atoms with Crippen LogP contribution < -0.4 is 9.47 Å². The van der Waals surface area contributed by atoms with Crippen LogP contribution in [-0.2, 0) is 6.42 Å². The third-order valence-corrected chi connectivity index (χ3v) is 8.35. The van der Waals surface area contributed by atoms with Crippen molar-refractivity contribution >= 4 is 17.9 Å². The molecule has 236 valence electrons. The lowest BCUT2D eigenvalue weighted by molar-refractivity contribution is 0.0556. The summed E-state index contributed by atoms with van der Waals surface area (Å²) in [5, 5.41) is 18.8. The SMILES string of the molecule is CC(C)=CCCC(C)=CCCC(C)=CCC[C@]1(C)CCc2cc(OC(=O)c3ccc(C(=O)O)cc3C(=O)O)c(C)c(C)c2O1. The van der Waals surface area contributed by atoms with Crippen LogP contribution in [0.1, 0.15) is 127 Å². The zero-order chi connectivity index (χ0) is 32.6. The number of benzene rings is 2. The number of rotatable bonds is 13. The highest BCUT2D eigenvalue weighted by Gasteiger charge is 2.33. The smallest absolute Gasteiger partial charge is 0.344 e. The lowest BCUT2D eigenvalue weighted by Gasteiger charge is -2.37. The van der Waals surface area contributed by atoms with E-state index in [1.54, 1.807) is 6.07 Å². The second-order valence-electron chi connectivity index (χ2n) is 12.4. The molecule has 0 radical (unpaired) electrons. The van der Waals surface area contributed by atoms with Gasteiger partial charge >= 0.3 is 17.9 Å². The number of esters is 1. The van der Waals surface area contributed by atoms with Gasteiger partial charge in [0.2, 0.25) is 0 Å². The Morgan fingerprint density at radius 3 is 2.11 bits per heavy atom. The molecule has 0 aromatic heterocycles. The Morgan fingerprint density at radius 1 is 0.864 bits per heavy atom. The monoisotopic (exact) mass is 602 g/mol. The fourth-order valence-electron chi connectivity index (χ4n) is 5.38. The van der Waals surface area contributed by atoms with Gasteiger partial charge in [0.25, 0.3) is 0 Å². The van der Waals surface area contributed by atoms with Gasteiger partial charge in [0.05, 0.1) is 16.7 Å². The maximum absolute atomic E-state index is 13.0. The first kappa shape index (κ1) is 34.4. The molecule has 2 aromatic rings. The van der Waals surface area contributed by atoms with Crippen molar-refractivity contribution in [1.82, 2.24) is 0 Å². The average molecular weight is 603 g/mol. The van der Waals surface area contributed by atoms with Crippen molar-refractivity contribution in [3.63, 3.8) is 0 Å². The van der Waals surface area contributed by atoms with Crippen LogP contribution in [-0.4, -0.2) is 33.7 Å². The van der Waals surface area contributed by atoms with Crippen molar-refractivity contribution in [3.8, 4) is 11.5 Å². The Balaban J connectivity index is 1.64. The van der Waals surface area contributed by atoms with E-state index in [4.69, 9.17) is 9.47 Å². The zero-order valence-corrected chi connectivity index (χ0v) is 27.1. The van der Waals surface area contributed by atoms with Gasteiger partial charge in [0.1, 0.15) is 17.1 Å². The van der Waals surface area contributed by atoms with E-state index in [0.29, 0.717) is 5.75 Å². The number of carbonyl (C=O) groups is 3. The molecule has 0 spiro atoms. The van der Waals surface area contributed by atoms with E-state index in [-0.39, 0.29) is 16.7 Å². The Bertz CT molecular complexity index is 1500. The van der Waals surface area contributed by atoms with Crippen molar-refractivity contribution in [3.05, 3.63) is 92.6 Å². The molecule has 0 amide bonds. The highest BCUT2D eigenvalue weighted by atomic mass is 16.5. The molecule has 0 aliphatic carbocycles. The lowest BCUT2D eigenvalue weighted by Crippen LogP contribution is -2.36. The standard InChI is InChI=1S/C37H46O7/c1-23(2)11-8-12-24(3)13-9-14-25(4)15-10-19-37(7)20-18-28-22-32(26(5)27(6)33(28)44-37)43-36(42)30-17-16-29(34(38)39)21-31(30)35(40)41/h11,13,15-17,21-22H,8-10,12,14,18-20H2,1-7H3,(H,38,39)(H,40,41)/t37-/m1/s1. The van der Waals surface area contributed by atoms with Crippen molar-refractivity contribution in [2.45, 2.75) is 105 Å². The first-order chi connectivity index (χ1) is 20.7. The average Bonchev–Trinajstić information content (AvgIpc) is 2.95. The van der Waals surface area contributed by atoms with Crippen LogP contribution in [0.3, 0.4) is 0 Å². The minimum atomic E-state index is -1.41. The Hall–Kier alpha value is -4.13. The lowest BCUT2D eigenvalue weighted by atomic mass is 9.86. The quantitative estimate of drug-likeness (QED) is 0.134. The topological polar surface area (TPSA) is 110 Å². The summed E-state index contributed by atoms with van der Waals surface area (Å²) < 4.78 is 12.3. The van der Waals surface area contributed by atoms with Gasteiger partial charge in [-0.25, -0.2) is 14.4 Å². The number of aromatic carboxylic acids is 2. The molecule has 0 saturated carbocycles. The highest BCUT2D eigenvalue weighted by Crippen LogP contribution is 2.42. The van der Waals surface area contributed by atoms with Crippen molar-refractivity contribution in [1.29, 1.82) is 0 Å². The van der Waals surface area contributed by atoms with E-state index in [0.717, 1.165) is 79.9 Å². The van der Waals surface area contributed by atoms with Crippen LogP contribution in [0.4, 0.5) is 0 Å². The maximum Gasteiger partial charge on any atom is 0.344 e. The van der Waals surface area contributed by atoms with Gasteiger partial charge in [-0.15, -0.1) is 0 Å². The summed E-state index contributed by atoms with van der Waals surface area (Å²) in [5.41, 5.74) is 5.55. The summed E-state index contributed by atoms with van der Waals surface area (Å²) in [4.78, 5) is 36.0. The molecule has 44 heavy (non-hydrogen) atoms. The number of carboxylic acids is 2. The summed E-state index contributed by atoms with van der Waals surface area (Å²) >= 11 is 0. The van der Waals surface area contributed by atoms with E-state index in [2.05, 4.69) is 52.8 Å². The number of carbonyl (C=O) groups excluding carboxylic acids is 1. The molecular formula is C37H46O7. The number of hydrogen-bond donors (Lipinski definition) is 2. The molecule has 2 aromatic carbocycles.